The normalized spacial score (nSPS) is 25.7. The molecule has 2 heterocycles. The van der Waals surface area contributed by atoms with E-state index in [0.717, 1.165) is 19.6 Å². The molecule has 2 unspecified atom stereocenters. The van der Waals surface area contributed by atoms with E-state index >= 15 is 0 Å². The van der Waals surface area contributed by atoms with Crippen LogP contribution in [0, 0.1) is 5.92 Å². The predicted molar refractivity (Wildman–Crippen MR) is 78.6 cm³/mol. The van der Waals surface area contributed by atoms with Crippen LogP contribution >= 0.6 is 11.3 Å². The fraction of sp³-hybridized carbons (Fsp3) is 0.800. The minimum Gasteiger partial charge on any atom is -0.381 e. The number of hydrogen-bond acceptors (Lipinski definition) is 4. The summed E-state index contributed by atoms with van der Waals surface area (Å²) in [6, 6.07) is 1.11. The molecule has 3 nitrogen and oxygen atoms in total. The van der Waals surface area contributed by atoms with Crippen molar-refractivity contribution in [3.8, 4) is 0 Å². The van der Waals surface area contributed by atoms with Crippen molar-refractivity contribution in [3.63, 3.8) is 0 Å². The van der Waals surface area contributed by atoms with Crippen molar-refractivity contribution in [1.29, 1.82) is 0 Å². The number of thiazole rings is 1. The van der Waals surface area contributed by atoms with Gasteiger partial charge < -0.3 is 10.1 Å². The largest absolute Gasteiger partial charge is 0.381 e. The zero-order chi connectivity index (χ0) is 13.5. The summed E-state index contributed by atoms with van der Waals surface area (Å²) < 4.78 is 5.57. The van der Waals surface area contributed by atoms with Crippen LogP contribution in [0.3, 0.4) is 0 Å². The first kappa shape index (κ1) is 13.5. The van der Waals surface area contributed by atoms with Gasteiger partial charge in [0, 0.05) is 29.4 Å². The van der Waals surface area contributed by atoms with Crippen LogP contribution in [0.4, 0.5) is 0 Å². The van der Waals surface area contributed by atoms with Crippen molar-refractivity contribution in [2.75, 3.05) is 13.2 Å². The minimum absolute atomic E-state index is 0.144. The van der Waals surface area contributed by atoms with E-state index in [1.807, 2.05) is 11.3 Å². The van der Waals surface area contributed by atoms with Gasteiger partial charge in [-0.15, -0.1) is 11.3 Å². The maximum atomic E-state index is 5.57. The molecule has 2 fully saturated rings. The molecule has 0 amide bonds. The number of hydrogen-bond donors (Lipinski definition) is 1. The van der Waals surface area contributed by atoms with Gasteiger partial charge in [-0.3, -0.25) is 0 Å². The second-order valence-corrected chi connectivity index (χ2v) is 7.75. The van der Waals surface area contributed by atoms with Gasteiger partial charge in [-0.2, -0.15) is 0 Å². The monoisotopic (exact) mass is 280 g/mol. The lowest BCUT2D eigenvalue weighted by atomic mass is 9.93. The Morgan fingerprint density at radius 1 is 1.37 bits per heavy atom. The van der Waals surface area contributed by atoms with Crippen LogP contribution in [0.2, 0.25) is 0 Å². The highest BCUT2D eigenvalue weighted by Crippen LogP contribution is 2.35. The van der Waals surface area contributed by atoms with Gasteiger partial charge in [0.1, 0.15) is 5.01 Å². The number of nitrogens with zero attached hydrogens (tertiary/aromatic N) is 1. The first-order chi connectivity index (χ1) is 9.04. The van der Waals surface area contributed by atoms with E-state index in [1.54, 1.807) is 0 Å². The molecule has 1 aromatic rings. The summed E-state index contributed by atoms with van der Waals surface area (Å²) >= 11 is 1.81. The molecule has 2 atom stereocenters. The molecule has 1 aliphatic heterocycles. The van der Waals surface area contributed by atoms with Crippen LogP contribution in [0.5, 0.6) is 0 Å². The number of aromatic nitrogens is 1. The van der Waals surface area contributed by atoms with Crippen molar-refractivity contribution < 1.29 is 4.74 Å². The summed E-state index contributed by atoms with van der Waals surface area (Å²) in [7, 11) is 0. The molecule has 0 bridgehead atoms. The molecule has 1 saturated carbocycles. The third kappa shape index (κ3) is 3.18. The Morgan fingerprint density at radius 3 is 2.68 bits per heavy atom. The molecule has 106 valence electrons. The smallest absolute Gasteiger partial charge is 0.110 e. The maximum absolute atomic E-state index is 5.57. The average molecular weight is 280 g/mol. The van der Waals surface area contributed by atoms with Gasteiger partial charge in [-0.05, 0) is 19.3 Å². The molecular weight excluding hydrogens is 256 g/mol. The summed E-state index contributed by atoms with van der Waals surface area (Å²) in [4.78, 5) is 4.91. The lowest BCUT2D eigenvalue weighted by Gasteiger charge is -2.22. The third-order valence-corrected chi connectivity index (χ3v) is 4.91. The van der Waals surface area contributed by atoms with Gasteiger partial charge >= 0.3 is 0 Å². The zero-order valence-corrected chi connectivity index (χ0v) is 12.9. The molecule has 2 aliphatic rings. The van der Waals surface area contributed by atoms with Crippen molar-refractivity contribution in [3.05, 3.63) is 16.1 Å². The number of nitrogens with one attached hydrogen (secondary N) is 1. The van der Waals surface area contributed by atoms with Gasteiger partial charge in [0.25, 0.3) is 0 Å². The molecule has 19 heavy (non-hydrogen) atoms. The first-order valence-corrected chi connectivity index (χ1v) is 8.22. The topological polar surface area (TPSA) is 34.1 Å². The summed E-state index contributed by atoms with van der Waals surface area (Å²) in [6.07, 6.45) is 3.80. The summed E-state index contributed by atoms with van der Waals surface area (Å²) in [5.74, 6) is 0.597. The number of rotatable bonds is 4. The average Bonchev–Trinajstić information content (AvgIpc) is 2.86. The van der Waals surface area contributed by atoms with Gasteiger partial charge in [-0.25, -0.2) is 4.98 Å². The van der Waals surface area contributed by atoms with Crippen molar-refractivity contribution in [2.45, 2.75) is 57.5 Å². The van der Waals surface area contributed by atoms with E-state index in [-0.39, 0.29) is 5.41 Å². The Hall–Kier alpha value is -0.450. The van der Waals surface area contributed by atoms with Crippen molar-refractivity contribution >= 4 is 11.3 Å². The van der Waals surface area contributed by atoms with Gasteiger partial charge in [0.2, 0.25) is 0 Å². The van der Waals surface area contributed by atoms with E-state index in [4.69, 9.17) is 9.72 Å². The van der Waals surface area contributed by atoms with E-state index in [9.17, 15) is 0 Å². The van der Waals surface area contributed by atoms with E-state index in [2.05, 4.69) is 31.5 Å². The Kier molecular flexibility index (Phi) is 3.67. The fourth-order valence-electron chi connectivity index (χ4n) is 2.50. The molecule has 1 saturated heterocycles. The van der Waals surface area contributed by atoms with Crippen molar-refractivity contribution in [1.82, 2.24) is 10.3 Å². The fourth-order valence-corrected chi connectivity index (χ4v) is 3.70. The Labute approximate surface area is 119 Å². The van der Waals surface area contributed by atoms with Gasteiger partial charge in [0.05, 0.1) is 18.3 Å². The Balaban J connectivity index is 1.79. The molecule has 1 N–H and O–H groups in total. The minimum atomic E-state index is 0.144. The van der Waals surface area contributed by atoms with Crippen LogP contribution in [-0.4, -0.2) is 24.2 Å². The summed E-state index contributed by atoms with van der Waals surface area (Å²) in [5.41, 5.74) is 1.36. The van der Waals surface area contributed by atoms with Crippen LogP contribution in [0.25, 0.3) is 0 Å². The summed E-state index contributed by atoms with van der Waals surface area (Å²) in [5, 5.41) is 7.27. The Bertz CT molecular complexity index is 428. The highest BCUT2D eigenvalue weighted by molar-refractivity contribution is 7.09. The zero-order valence-electron chi connectivity index (χ0n) is 12.1. The molecule has 3 rings (SSSR count). The standard InChI is InChI=1S/C15H24N2OS/c1-15(2,3)12-9-19-14(17-12)13(16-11-4-5-11)10-6-7-18-8-10/h9-11,13,16H,4-8H2,1-3H3. The quantitative estimate of drug-likeness (QED) is 0.919. The lowest BCUT2D eigenvalue weighted by molar-refractivity contribution is 0.176. The molecule has 1 aromatic heterocycles. The predicted octanol–water partition coefficient (Wildman–Crippen LogP) is 3.27. The van der Waals surface area contributed by atoms with Crippen LogP contribution in [0.15, 0.2) is 5.38 Å². The highest BCUT2D eigenvalue weighted by Gasteiger charge is 2.34. The lowest BCUT2D eigenvalue weighted by Crippen LogP contribution is -2.30. The van der Waals surface area contributed by atoms with E-state index < -0.39 is 0 Å². The molecule has 0 aromatic carbocycles. The first-order valence-electron chi connectivity index (χ1n) is 7.34. The van der Waals surface area contributed by atoms with Crippen LogP contribution < -0.4 is 5.32 Å². The van der Waals surface area contributed by atoms with Crippen LogP contribution in [-0.2, 0) is 10.2 Å². The SMILES string of the molecule is CC(C)(C)c1csc(C(NC2CC2)C2CCOC2)n1. The molecular formula is C15H24N2OS. The molecule has 0 radical (unpaired) electrons. The number of ether oxygens (including phenoxy) is 1. The highest BCUT2D eigenvalue weighted by atomic mass is 32.1. The van der Waals surface area contributed by atoms with Crippen LogP contribution in [0.1, 0.15) is 56.8 Å². The van der Waals surface area contributed by atoms with Gasteiger partial charge in [0.15, 0.2) is 0 Å². The Morgan fingerprint density at radius 2 is 2.16 bits per heavy atom. The van der Waals surface area contributed by atoms with E-state index in [1.165, 1.54) is 23.5 Å². The van der Waals surface area contributed by atoms with Crippen molar-refractivity contribution in [2.24, 2.45) is 5.92 Å². The third-order valence-electron chi connectivity index (χ3n) is 3.99. The second kappa shape index (κ2) is 5.15. The molecule has 4 heteroatoms. The van der Waals surface area contributed by atoms with Gasteiger partial charge in [-0.1, -0.05) is 20.8 Å². The second-order valence-electron chi connectivity index (χ2n) is 6.86. The summed E-state index contributed by atoms with van der Waals surface area (Å²) in [6.45, 7) is 8.48. The van der Waals surface area contributed by atoms with E-state index in [0.29, 0.717) is 18.0 Å². The molecule has 1 aliphatic carbocycles. The maximum Gasteiger partial charge on any atom is 0.110 e. The molecule has 0 spiro atoms.